The van der Waals surface area contributed by atoms with Crippen LogP contribution >= 0.6 is 15.9 Å². The van der Waals surface area contributed by atoms with Crippen LogP contribution in [0.2, 0.25) is 0 Å². The van der Waals surface area contributed by atoms with Gasteiger partial charge in [-0.1, -0.05) is 104 Å². The van der Waals surface area contributed by atoms with E-state index in [9.17, 15) is 24.3 Å². The Labute approximate surface area is 375 Å². The Balaban J connectivity index is 0.000000190. The number of carboxylic acid groups (broad SMARTS) is 1. The molecule has 1 unspecified atom stereocenters. The second kappa shape index (κ2) is 20.6. The normalized spacial score (nSPS) is 13.2. The molecule has 4 aromatic carbocycles. The number of esters is 1. The second-order valence-electron chi connectivity index (χ2n) is 16.4. The molecule has 14 nitrogen and oxygen atoms in total. The van der Waals surface area contributed by atoms with Crippen LogP contribution in [0.15, 0.2) is 84.9 Å². The summed E-state index contributed by atoms with van der Waals surface area (Å²) in [6.07, 6.45) is 0.623. The minimum Gasteiger partial charge on any atom is -0.481 e. The molecule has 6 aromatic rings. The first-order valence-corrected chi connectivity index (χ1v) is 22.1. The van der Waals surface area contributed by atoms with Crippen LogP contribution in [-0.2, 0) is 46.9 Å². The Kier molecular flexibility index (Phi) is 15.0. The number of nitrogen functional groups attached to an aromatic ring is 2. The molecule has 0 saturated carbocycles. The Morgan fingerprint density at radius 1 is 0.683 bits per heavy atom. The average molecular weight is 918 g/mol. The molecule has 5 N–H and O–H groups in total. The summed E-state index contributed by atoms with van der Waals surface area (Å²) in [5.74, 6) is -1.22. The number of anilines is 2. The van der Waals surface area contributed by atoms with Crippen molar-refractivity contribution < 1.29 is 29.0 Å². The molecular weight excluding hydrogens is 864 g/mol. The van der Waals surface area contributed by atoms with Crippen LogP contribution in [0.1, 0.15) is 101 Å². The second-order valence-corrected chi connectivity index (χ2v) is 17.0. The van der Waals surface area contributed by atoms with E-state index in [0.717, 1.165) is 39.1 Å². The molecule has 0 spiro atoms. The van der Waals surface area contributed by atoms with Crippen molar-refractivity contribution in [3.05, 3.63) is 130 Å². The first kappa shape index (κ1) is 46.0. The number of carboxylic acids is 1. The predicted octanol–water partition coefficient (Wildman–Crippen LogP) is 8.09. The Hall–Kier alpha value is -6.48. The Bertz CT molecular complexity index is 2600. The summed E-state index contributed by atoms with van der Waals surface area (Å²) in [6, 6.07) is 26.4. The SMILES string of the molecule is CC(C)CBr.CC(C)CC(C(=O)O)c1ccc2nc(N)nc(C(=O)N3Cc4ccccc4C3)c2c1.CCOC(=O)Cc1ccc2nc(N)nc(C(=O)N3Cc4ccccc4C3)c2c1. The number of aliphatic carboxylic acids is 1. The van der Waals surface area contributed by atoms with E-state index in [1.165, 1.54) is 0 Å². The van der Waals surface area contributed by atoms with E-state index in [0.29, 0.717) is 66.6 Å². The number of amides is 2. The van der Waals surface area contributed by atoms with Crippen molar-refractivity contribution in [1.82, 2.24) is 29.7 Å². The van der Waals surface area contributed by atoms with Gasteiger partial charge in [-0.25, -0.2) is 19.9 Å². The number of nitrogens with zero attached hydrogens (tertiary/aromatic N) is 6. The molecule has 1 atom stereocenters. The van der Waals surface area contributed by atoms with Gasteiger partial charge in [-0.05, 0) is 82.8 Å². The van der Waals surface area contributed by atoms with Gasteiger partial charge in [-0.2, -0.15) is 0 Å². The van der Waals surface area contributed by atoms with Crippen molar-refractivity contribution in [1.29, 1.82) is 0 Å². The van der Waals surface area contributed by atoms with Crippen molar-refractivity contribution >= 4 is 73.4 Å². The molecule has 328 valence electrons. The zero-order chi connectivity index (χ0) is 45.4. The molecule has 15 heteroatoms. The fourth-order valence-corrected chi connectivity index (χ4v) is 7.49. The average Bonchev–Trinajstić information content (AvgIpc) is 3.90. The first-order chi connectivity index (χ1) is 30.1. The minimum atomic E-state index is -0.887. The molecule has 0 radical (unpaired) electrons. The molecule has 0 bridgehead atoms. The zero-order valence-electron chi connectivity index (χ0n) is 36.2. The van der Waals surface area contributed by atoms with Gasteiger partial charge in [0.1, 0.15) is 11.4 Å². The summed E-state index contributed by atoms with van der Waals surface area (Å²) < 4.78 is 5.01. The number of carbonyl (C=O) groups is 4. The van der Waals surface area contributed by atoms with E-state index in [-0.39, 0.29) is 53.4 Å². The highest BCUT2D eigenvalue weighted by atomic mass is 79.9. The topological polar surface area (TPSA) is 208 Å². The van der Waals surface area contributed by atoms with Gasteiger partial charge in [0.15, 0.2) is 0 Å². The number of alkyl halides is 1. The van der Waals surface area contributed by atoms with Crippen LogP contribution in [0.3, 0.4) is 0 Å². The maximum absolute atomic E-state index is 13.3. The molecule has 2 aliphatic heterocycles. The Morgan fingerprint density at radius 3 is 1.54 bits per heavy atom. The first-order valence-electron chi connectivity index (χ1n) is 20.9. The van der Waals surface area contributed by atoms with E-state index < -0.39 is 11.9 Å². The fourth-order valence-electron chi connectivity index (χ4n) is 7.49. The van der Waals surface area contributed by atoms with Crippen molar-refractivity contribution in [2.75, 3.05) is 23.4 Å². The number of carbonyl (C=O) groups excluding carboxylic acids is 3. The highest BCUT2D eigenvalue weighted by Gasteiger charge is 2.29. The molecule has 0 fully saturated rings. The molecule has 63 heavy (non-hydrogen) atoms. The summed E-state index contributed by atoms with van der Waals surface area (Å²) in [6.45, 7) is 12.5. The van der Waals surface area contributed by atoms with Crippen LogP contribution in [0.25, 0.3) is 21.8 Å². The highest BCUT2D eigenvalue weighted by molar-refractivity contribution is 9.09. The van der Waals surface area contributed by atoms with Crippen LogP contribution in [0.4, 0.5) is 11.9 Å². The number of rotatable bonds is 10. The molecule has 4 heterocycles. The van der Waals surface area contributed by atoms with Gasteiger partial charge in [-0.3, -0.25) is 19.2 Å². The van der Waals surface area contributed by atoms with Gasteiger partial charge in [0.2, 0.25) is 11.9 Å². The summed E-state index contributed by atoms with van der Waals surface area (Å²) in [5.41, 5.74) is 19.1. The number of nitrogens with two attached hydrogens (primary N) is 2. The van der Waals surface area contributed by atoms with Gasteiger partial charge >= 0.3 is 11.9 Å². The molecule has 8 rings (SSSR count). The third-order valence-electron chi connectivity index (χ3n) is 10.5. The fraction of sp³-hybridized carbons (Fsp3) is 0.333. The third kappa shape index (κ3) is 11.3. The summed E-state index contributed by atoms with van der Waals surface area (Å²) >= 11 is 3.31. The van der Waals surface area contributed by atoms with Gasteiger partial charge in [0, 0.05) is 42.3 Å². The number of fused-ring (bicyclic) bond motifs is 4. The van der Waals surface area contributed by atoms with Gasteiger partial charge in [-0.15, -0.1) is 0 Å². The lowest BCUT2D eigenvalue weighted by Gasteiger charge is -2.18. The standard InChI is InChI=1S/C23H24N4O3.C21H20N4O3.C4H9Br/c1-13(2)9-17(22(29)30)14-7-8-19-18(10-14)20(26-23(24)25-19)21(28)27-11-15-5-3-4-6-16(15)12-27;1-2-28-18(26)10-13-7-8-17-16(9-13)19(24-21(22)23-17)20(27)25-11-14-5-3-4-6-15(14)12-25;1-4(2)3-5/h3-8,10,13,17H,9,11-12H2,1-2H3,(H,29,30)(H2,24,25,26);3-9H,2,10-12H2,1H3,(H2,22,23,24);4H,3H2,1-2H3. The maximum Gasteiger partial charge on any atom is 0.310 e. The van der Waals surface area contributed by atoms with Crippen LogP contribution in [-0.4, -0.2) is 70.5 Å². The summed E-state index contributed by atoms with van der Waals surface area (Å²) in [7, 11) is 0. The molecular formula is C48H53BrN8O6. The van der Waals surface area contributed by atoms with Crippen LogP contribution in [0, 0.1) is 11.8 Å². The number of hydrogen-bond donors (Lipinski definition) is 3. The van der Waals surface area contributed by atoms with Gasteiger partial charge in [0.25, 0.3) is 11.8 Å². The molecule has 2 amide bonds. The number of aromatic nitrogens is 4. The number of hydrogen-bond acceptors (Lipinski definition) is 11. The van der Waals surface area contributed by atoms with Gasteiger partial charge in [0.05, 0.1) is 30.0 Å². The minimum absolute atomic E-state index is 0.0206. The van der Waals surface area contributed by atoms with E-state index in [2.05, 4.69) is 49.7 Å². The highest BCUT2D eigenvalue weighted by Crippen LogP contribution is 2.31. The van der Waals surface area contributed by atoms with Gasteiger partial charge < -0.3 is 31.1 Å². The summed E-state index contributed by atoms with van der Waals surface area (Å²) in [5, 5.41) is 11.9. The van der Waals surface area contributed by atoms with Crippen molar-refractivity contribution in [3.63, 3.8) is 0 Å². The monoisotopic (exact) mass is 916 g/mol. The van der Waals surface area contributed by atoms with Crippen LogP contribution < -0.4 is 11.5 Å². The smallest absolute Gasteiger partial charge is 0.310 e. The van der Waals surface area contributed by atoms with E-state index in [1.54, 1.807) is 53.1 Å². The largest absolute Gasteiger partial charge is 0.481 e. The lowest BCUT2D eigenvalue weighted by Crippen LogP contribution is -2.27. The van der Waals surface area contributed by atoms with Crippen molar-refractivity contribution in [3.8, 4) is 0 Å². The van der Waals surface area contributed by atoms with Crippen LogP contribution in [0.5, 0.6) is 0 Å². The van der Waals surface area contributed by atoms with E-state index >= 15 is 0 Å². The molecule has 0 saturated heterocycles. The summed E-state index contributed by atoms with van der Waals surface area (Å²) in [4.78, 5) is 70.6. The van der Waals surface area contributed by atoms with Crippen molar-refractivity contribution in [2.45, 2.75) is 79.6 Å². The maximum atomic E-state index is 13.3. The lowest BCUT2D eigenvalue weighted by atomic mass is 9.89. The quantitative estimate of drug-likeness (QED) is 0.0880. The number of ether oxygens (including phenoxy) is 1. The Morgan fingerprint density at radius 2 is 1.13 bits per heavy atom. The molecule has 0 aliphatic carbocycles. The van der Waals surface area contributed by atoms with E-state index in [1.807, 2.05) is 62.4 Å². The van der Waals surface area contributed by atoms with Crippen molar-refractivity contribution in [2.24, 2.45) is 11.8 Å². The predicted molar refractivity (Wildman–Crippen MR) is 247 cm³/mol. The zero-order valence-corrected chi connectivity index (χ0v) is 37.8. The molecule has 2 aliphatic rings. The molecule has 2 aromatic heterocycles. The third-order valence-corrected chi connectivity index (χ3v) is 11.8. The number of halogens is 1. The number of benzene rings is 4. The van der Waals surface area contributed by atoms with E-state index in [4.69, 9.17) is 16.2 Å². The lowest BCUT2D eigenvalue weighted by molar-refractivity contribution is -0.142.